The van der Waals surface area contributed by atoms with E-state index in [1.807, 2.05) is 97.9 Å². The maximum atomic E-state index is 13.8. The Labute approximate surface area is 264 Å². The van der Waals surface area contributed by atoms with Crippen LogP contribution in [0.3, 0.4) is 0 Å². The molecule has 0 fully saturated rings. The Morgan fingerprint density at radius 1 is 1.00 bits per heavy atom. The Morgan fingerprint density at radius 2 is 1.59 bits per heavy atom. The summed E-state index contributed by atoms with van der Waals surface area (Å²) in [5.41, 5.74) is 1.71. The molecule has 0 aromatic heterocycles. The van der Waals surface area contributed by atoms with Crippen LogP contribution in [0, 0.1) is 17.3 Å². The lowest BCUT2D eigenvalue weighted by molar-refractivity contribution is -0.140. The zero-order chi connectivity index (χ0) is 33.8. The normalized spacial score (nSPS) is 16.2. The van der Waals surface area contributed by atoms with Crippen LogP contribution in [0.25, 0.3) is 0 Å². The number of allylic oxidation sites excluding steroid dienone is 5. The SMILES string of the molecule is CC.CNC(C(=O)NC(C(=O)N(C)[C@H](/C=C(\C)C(=O)O)C(C)C)C(C)(C)C)C(C)C1=CC=C(C(=O)c2ccccc2)CC=C1. The van der Waals surface area contributed by atoms with E-state index < -0.39 is 29.5 Å². The van der Waals surface area contributed by atoms with Gasteiger partial charge in [-0.25, -0.2) is 4.79 Å². The van der Waals surface area contributed by atoms with Crippen LogP contribution < -0.4 is 10.6 Å². The van der Waals surface area contributed by atoms with E-state index in [-0.39, 0.29) is 35.0 Å². The third-order valence-electron chi connectivity index (χ3n) is 7.71. The summed E-state index contributed by atoms with van der Waals surface area (Å²) in [6.45, 7) is 16.9. The van der Waals surface area contributed by atoms with E-state index in [1.165, 1.54) is 11.8 Å². The number of ketones is 1. The van der Waals surface area contributed by atoms with Gasteiger partial charge in [0, 0.05) is 29.7 Å². The van der Waals surface area contributed by atoms with E-state index in [1.54, 1.807) is 32.3 Å². The number of nitrogens with zero attached hydrogens (tertiary/aromatic N) is 1. The van der Waals surface area contributed by atoms with Crippen molar-refractivity contribution in [2.24, 2.45) is 17.3 Å². The van der Waals surface area contributed by atoms with Crippen molar-refractivity contribution in [1.82, 2.24) is 15.5 Å². The highest BCUT2D eigenvalue weighted by molar-refractivity contribution is 6.09. The smallest absolute Gasteiger partial charge is 0.331 e. The number of carbonyl (C=O) groups excluding carboxylic acids is 3. The largest absolute Gasteiger partial charge is 0.478 e. The maximum absolute atomic E-state index is 13.8. The van der Waals surface area contributed by atoms with Crippen LogP contribution in [0.2, 0.25) is 0 Å². The highest BCUT2D eigenvalue weighted by atomic mass is 16.4. The third-order valence-corrected chi connectivity index (χ3v) is 7.71. The summed E-state index contributed by atoms with van der Waals surface area (Å²) in [6, 6.07) is 7.17. The lowest BCUT2D eigenvalue weighted by Crippen LogP contribution is -2.59. The molecular formula is C36H53N3O5. The molecule has 0 saturated heterocycles. The highest BCUT2D eigenvalue weighted by Crippen LogP contribution is 2.26. The molecule has 2 rings (SSSR count). The molecule has 1 aliphatic carbocycles. The van der Waals surface area contributed by atoms with Crippen molar-refractivity contribution in [3.63, 3.8) is 0 Å². The number of hydrogen-bond acceptors (Lipinski definition) is 5. The van der Waals surface area contributed by atoms with Gasteiger partial charge in [-0.05, 0) is 37.3 Å². The number of Topliss-reactive ketones (excluding diaryl/α,β-unsaturated/α-hetero) is 1. The molecule has 2 amide bonds. The average Bonchev–Trinajstić information content (AvgIpc) is 3.25. The molecule has 4 atom stereocenters. The molecule has 0 heterocycles. The Balaban J connectivity index is 0.00000474. The first-order chi connectivity index (χ1) is 20.6. The van der Waals surface area contributed by atoms with Gasteiger partial charge >= 0.3 is 5.97 Å². The second-order valence-corrected chi connectivity index (χ2v) is 12.4. The Hall–Kier alpha value is -3.78. The van der Waals surface area contributed by atoms with Gasteiger partial charge < -0.3 is 20.6 Å². The van der Waals surface area contributed by atoms with Crippen LogP contribution in [0.4, 0.5) is 0 Å². The molecule has 8 nitrogen and oxygen atoms in total. The van der Waals surface area contributed by atoms with Crippen LogP contribution in [-0.4, -0.2) is 65.8 Å². The molecule has 1 aromatic carbocycles. The molecule has 1 aliphatic rings. The number of carboxylic acid groups (broad SMARTS) is 1. The predicted octanol–water partition coefficient (Wildman–Crippen LogP) is 5.98. The minimum atomic E-state index is -1.04. The molecule has 44 heavy (non-hydrogen) atoms. The molecule has 0 spiro atoms. The summed E-state index contributed by atoms with van der Waals surface area (Å²) in [5, 5.41) is 15.5. The summed E-state index contributed by atoms with van der Waals surface area (Å²) in [4.78, 5) is 53.5. The van der Waals surface area contributed by atoms with Crippen molar-refractivity contribution in [3.05, 3.63) is 83.0 Å². The lowest BCUT2D eigenvalue weighted by atomic mass is 9.84. The molecule has 0 aliphatic heterocycles. The van der Waals surface area contributed by atoms with E-state index >= 15 is 0 Å². The summed E-state index contributed by atoms with van der Waals surface area (Å²) < 4.78 is 0. The van der Waals surface area contributed by atoms with E-state index in [0.29, 0.717) is 17.6 Å². The van der Waals surface area contributed by atoms with Crippen LogP contribution in [0.15, 0.2) is 77.4 Å². The van der Waals surface area contributed by atoms with Crippen LogP contribution >= 0.6 is 0 Å². The molecular weight excluding hydrogens is 554 g/mol. The summed E-state index contributed by atoms with van der Waals surface area (Å²) in [7, 11) is 3.35. The topological polar surface area (TPSA) is 116 Å². The molecule has 0 radical (unpaired) electrons. The monoisotopic (exact) mass is 607 g/mol. The van der Waals surface area contributed by atoms with Gasteiger partial charge in [-0.3, -0.25) is 14.4 Å². The fraction of sp³-hybridized carbons (Fsp3) is 0.500. The van der Waals surface area contributed by atoms with Crippen LogP contribution in [0.5, 0.6) is 0 Å². The summed E-state index contributed by atoms with van der Waals surface area (Å²) in [5.74, 6) is -2.01. The quantitative estimate of drug-likeness (QED) is 0.199. The maximum Gasteiger partial charge on any atom is 0.331 e. The third kappa shape index (κ3) is 10.4. The summed E-state index contributed by atoms with van der Waals surface area (Å²) >= 11 is 0. The molecule has 1 aromatic rings. The number of amides is 2. The van der Waals surface area contributed by atoms with E-state index in [4.69, 9.17) is 0 Å². The van der Waals surface area contributed by atoms with Crippen molar-refractivity contribution < 1.29 is 24.3 Å². The van der Waals surface area contributed by atoms with Crippen molar-refractivity contribution in [2.75, 3.05) is 14.1 Å². The molecule has 3 unspecified atom stereocenters. The first-order valence-corrected chi connectivity index (χ1v) is 15.4. The van der Waals surface area contributed by atoms with Gasteiger partial charge in [0.2, 0.25) is 11.8 Å². The fourth-order valence-electron chi connectivity index (χ4n) is 5.00. The average molecular weight is 608 g/mol. The van der Waals surface area contributed by atoms with Gasteiger partial charge in [-0.15, -0.1) is 0 Å². The second-order valence-electron chi connectivity index (χ2n) is 12.4. The van der Waals surface area contributed by atoms with Gasteiger partial charge in [0.05, 0.1) is 12.1 Å². The van der Waals surface area contributed by atoms with Crippen molar-refractivity contribution in [3.8, 4) is 0 Å². The first-order valence-electron chi connectivity index (χ1n) is 15.4. The van der Waals surface area contributed by atoms with Gasteiger partial charge in [-0.2, -0.15) is 0 Å². The van der Waals surface area contributed by atoms with Gasteiger partial charge in [0.15, 0.2) is 5.78 Å². The van der Waals surface area contributed by atoms with Crippen LogP contribution in [-0.2, 0) is 14.4 Å². The highest BCUT2D eigenvalue weighted by Gasteiger charge is 2.39. The van der Waals surface area contributed by atoms with Crippen molar-refractivity contribution >= 4 is 23.6 Å². The van der Waals surface area contributed by atoms with E-state index in [9.17, 15) is 24.3 Å². The number of carboxylic acids is 1. The number of benzene rings is 1. The van der Waals surface area contributed by atoms with Crippen LogP contribution in [0.1, 0.15) is 79.1 Å². The number of aliphatic carboxylic acids is 1. The second kappa shape index (κ2) is 17.5. The standard InChI is InChI=1S/C34H47N3O5.C2H6/c1-21(2)27(20-22(3)33(41)42)37(9)32(40)30(34(5,6)7)36-31(39)28(35-8)23(4)24-16-13-17-26(19-18-24)29(38)25-14-11-10-12-15-25;1-2/h10-16,18-21,23,27-28,30,35H,17H2,1-9H3,(H,36,39)(H,41,42);1-2H3/b22-20+;/t23?,27-,28?,30?;/m1./s1. The lowest BCUT2D eigenvalue weighted by Gasteiger charge is -2.38. The molecule has 0 saturated carbocycles. The Bertz CT molecular complexity index is 1270. The van der Waals surface area contributed by atoms with Crippen molar-refractivity contribution in [1.29, 1.82) is 0 Å². The summed E-state index contributed by atoms with van der Waals surface area (Å²) in [6.07, 6.45) is 9.64. The van der Waals surface area contributed by atoms with Gasteiger partial charge in [-0.1, -0.05) is 116 Å². The Morgan fingerprint density at radius 3 is 2.09 bits per heavy atom. The number of hydrogen-bond donors (Lipinski definition) is 3. The van der Waals surface area contributed by atoms with Crippen molar-refractivity contribution in [2.45, 2.75) is 86.9 Å². The molecule has 8 heteroatoms. The predicted molar refractivity (Wildman–Crippen MR) is 178 cm³/mol. The minimum Gasteiger partial charge on any atom is -0.478 e. The van der Waals surface area contributed by atoms with E-state index in [0.717, 1.165) is 5.57 Å². The fourth-order valence-corrected chi connectivity index (χ4v) is 5.00. The zero-order valence-corrected chi connectivity index (χ0v) is 28.4. The van der Waals surface area contributed by atoms with E-state index in [2.05, 4.69) is 10.6 Å². The molecule has 3 N–H and O–H groups in total. The Kier molecular flexibility index (Phi) is 15.2. The first kappa shape index (κ1) is 38.2. The molecule has 0 bridgehead atoms. The van der Waals surface area contributed by atoms with Gasteiger partial charge in [0.1, 0.15) is 6.04 Å². The molecule has 242 valence electrons. The van der Waals surface area contributed by atoms with Gasteiger partial charge in [0.25, 0.3) is 0 Å². The number of nitrogens with one attached hydrogen (secondary N) is 2. The number of carbonyl (C=O) groups is 4. The minimum absolute atomic E-state index is 0.0305. The zero-order valence-electron chi connectivity index (χ0n) is 28.4. The number of likely N-dealkylation sites (N-methyl/N-ethyl adjacent to an activating group) is 2. The number of rotatable bonds is 12.